The van der Waals surface area contributed by atoms with Gasteiger partial charge in [0.2, 0.25) is 0 Å². The van der Waals surface area contributed by atoms with E-state index >= 15 is 0 Å². The highest BCUT2D eigenvalue weighted by Gasteiger charge is 2.33. The lowest BCUT2D eigenvalue weighted by atomic mass is 9.85. The van der Waals surface area contributed by atoms with E-state index in [1.807, 2.05) is 18.2 Å². The first kappa shape index (κ1) is 16.0. The Morgan fingerprint density at radius 2 is 1.58 bits per heavy atom. The van der Waals surface area contributed by atoms with Gasteiger partial charge in [-0.15, -0.1) is 0 Å². The highest BCUT2D eigenvalue weighted by atomic mass is 17.2. The third-order valence-electron chi connectivity index (χ3n) is 4.09. The highest BCUT2D eigenvalue weighted by molar-refractivity contribution is 5.35. The Morgan fingerprint density at radius 1 is 1.00 bits per heavy atom. The smallest absolute Gasteiger partial charge is 0.168 e. The Hall–Kier alpha value is -1.02. The first-order valence-electron chi connectivity index (χ1n) is 7.41. The lowest BCUT2D eigenvalue weighted by molar-refractivity contribution is -0.308. The van der Waals surface area contributed by atoms with Crippen LogP contribution in [0.25, 0.3) is 0 Å². The van der Waals surface area contributed by atoms with Crippen LogP contribution >= 0.6 is 0 Å². The van der Waals surface area contributed by atoms with E-state index in [1.54, 1.807) is 0 Å². The SMILES string of the molecule is CCC(CC)(OOc1ccccc1C(C)C)C(C)C. The van der Waals surface area contributed by atoms with Crippen LogP contribution < -0.4 is 4.89 Å². The molecular formula is C17H28O2. The van der Waals surface area contributed by atoms with Gasteiger partial charge < -0.3 is 4.89 Å². The van der Waals surface area contributed by atoms with E-state index in [-0.39, 0.29) is 5.60 Å². The summed E-state index contributed by atoms with van der Waals surface area (Å²) in [7, 11) is 0. The second-order valence-electron chi connectivity index (χ2n) is 5.79. The van der Waals surface area contributed by atoms with E-state index in [2.05, 4.69) is 47.6 Å². The molecular weight excluding hydrogens is 236 g/mol. The number of hydrogen-bond donors (Lipinski definition) is 0. The molecule has 2 heteroatoms. The minimum absolute atomic E-state index is 0.204. The summed E-state index contributed by atoms with van der Waals surface area (Å²) in [5.41, 5.74) is 0.983. The average molecular weight is 264 g/mol. The van der Waals surface area contributed by atoms with E-state index in [0.29, 0.717) is 11.8 Å². The van der Waals surface area contributed by atoms with Gasteiger partial charge in [-0.1, -0.05) is 59.7 Å². The fourth-order valence-corrected chi connectivity index (χ4v) is 2.44. The van der Waals surface area contributed by atoms with Crippen molar-refractivity contribution < 1.29 is 9.78 Å². The molecule has 19 heavy (non-hydrogen) atoms. The van der Waals surface area contributed by atoms with Crippen LogP contribution in [-0.2, 0) is 4.89 Å². The van der Waals surface area contributed by atoms with Gasteiger partial charge in [0, 0.05) is 5.56 Å². The molecule has 0 bridgehead atoms. The van der Waals surface area contributed by atoms with Crippen molar-refractivity contribution in [2.45, 2.75) is 65.9 Å². The van der Waals surface area contributed by atoms with E-state index in [4.69, 9.17) is 9.78 Å². The van der Waals surface area contributed by atoms with Crippen LogP contribution in [0.5, 0.6) is 5.75 Å². The van der Waals surface area contributed by atoms with Crippen LogP contribution in [0.4, 0.5) is 0 Å². The van der Waals surface area contributed by atoms with Gasteiger partial charge >= 0.3 is 0 Å². The molecule has 0 amide bonds. The molecule has 108 valence electrons. The zero-order chi connectivity index (χ0) is 14.5. The van der Waals surface area contributed by atoms with Gasteiger partial charge in [-0.25, -0.2) is 0 Å². The number of benzene rings is 1. The number of hydrogen-bond acceptors (Lipinski definition) is 2. The second-order valence-corrected chi connectivity index (χ2v) is 5.79. The van der Waals surface area contributed by atoms with Crippen molar-refractivity contribution in [1.82, 2.24) is 0 Å². The summed E-state index contributed by atoms with van der Waals surface area (Å²) in [6.07, 6.45) is 1.90. The maximum absolute atomic E-state index is 5.87. The van der Waals surface area contributed by atoms with Crippen LogP contribution in [0.3, 0.4) is 0 Å². The minimum atomic E-state index is -0.204. The van der Waals surface area contributed by atoms with E-state index < -0.39 is 0 Å². The molecule has 2 nitrogen and oxygen atoms in total. The maximum atomic E-state index is 5.87. The molecule has 0 atom stereocenters. The maximum Gasteiger partial charge on any atom is 0.168 e. The van der Waals surface area contributed by atoms with Gasteiger partial charge in [0.1, 0.15) is 5.60 Å². The average Bonchev–Trinajstić information content (AvgIpc) is 2.40. The topological polar surface area (TPSA) is 18.5 Å². The van der Waals surface area contributed by atoms with Gasteiger partial charge in [0.15, 0.2) is 5.75 Å². The summed E-state index contributed by atoms with van der Waals surface area (Å²) < 4.78 is 0. The van der Waals surface area contributed by atoms with Crippen molar-refractivity contribution in [2.75, 3.05) is 0 Å². The van der Waals surface area contributed by atoms with E-state index in [1.165, 1.54) is 5.56 Å². The Morgan fingerprint density at radius 3 is 2.05 bits per heavy atom. The fourth-order valence-electron chi connectivity index (χ4n) is 2.44. The third-order valence-corrected chi connectivity index (χ3v) is 4.09. The molecule has 1 rings (SSSR count). The van der Waals surface area contributed by atoms with Crippen molar-refractivity contribution in [1.29, 1.82) is 0 Å². The van der Waals surface area contributed by atoms with Gasteiger partial charge in [0.05, 0.1) is 0 Å². The molecule has 0 aliphatic rings. The van der Waals surface area contributed by atoms with Gasteiger partial charge in [-0.05, 0) is 30.7 Å². The van der Waals surface area contributed by atoms with Crippen molar-refractivity contribution >= 4 is 0 Å². The molecule has 0 aromatic heterocycles. The zero-order valence-electron chi connectivity index (χ0n) is 13.2. The molecule has 0 spiro atoms. The molecule has 1 aromatic carbocycles. The van der Waals surface area contributed by atoms with Crippen LogP contribution in [0.2, 0.25) is 0 Å². The van der Waals surface area contributed by atoms with Crippen LogP contribution in [0.1, 0.15) is 65.9 Å². The monoisotopic (exact) mass is 264 g/mol. The lowest BCUT2D eigenvalue weighted by Gasteiger charge is -2.34. The molecule has 0 aliphatic carbocycles. The fraction of sp³-hybridized carbons (Fsp3) is 0.647. The standard InChI is InChI=1S/C17H28O2/c1-7-17(8-2,14(5)6)19-18-16-12-10-9-11-15(16)13(3)4/h9-14H,7-8H2,1-6H3. The molecule has 0 unspecified atom stereocenters. The molecule has 0 N–H and O–H groups in total. The Balaban J connectivity index is 2.86. The molecule has 0 heterocycles. The normalized spacial score (nSPS) is 12.2. The van der Waals surface area contributed by atoms with E-state index in [0.717, 1.165) is 18.6 Å². The van der Waals surface area contributed by atoms with Crippen LogP contribution in [0.15, 0.2) is 24.3 Å². The van der Waals surface area contributed by atoms with Crippen molar-refractivity contribution in [3.63, 3.8) is 0 Å². The van der Waals surface area contributed by atoms with Gasteiger partial charge in [-0.3, -0.25) is 0 Å². The molecule has 0 saturated heterocycles. The molecule has 0 saturated carbocycles. The van der Waals surface area contributed by atoms with Crippen LogP contribution in [-0.4, -0.2) is 5.60 Å². The highest BCUT2D eigenvalue weighted by Crippen LogP contribution is 2.32. The number of rotatable bonds is 7. The van der Waals surface area contributed by atoms with Crippen molar-refractivity contribution in [3.8, 4) is 5.75 Å². The minimum Gasteiger partial charge on any atom is -0.337 e. The summed E-state index contributed by atoms with van der Waals surface area (Å²) in [6, 6.07) is 8.10. The summed E-state index contributed by atoms with van der Waals surface area (Å²) in [6.45, 7) is 13.0. The Labute approximate surface area is 118 Å². The summed E-state index contributed by atoms with van der Waals surface area (Å²) >= 11 is 0. The van der Waals surface area contributed by atoms with Crippen molar-refractivity contribution in [3.05, 3.63) is 29.8 Å². The quantitative estimate of drug-likeness (QED) is 0.489. The van der Waals surface area contributed by atoms with E-state index in [9.17, 15) is 0 Å². The predicted octanol–water partition coefficient (Wildman–Crippen LogP) is 5.34. The summed E-state index contributed by atoms with van der Waals surface area (Å²) in [5.74, 6) is 1.69. The third kappa shape index (κ3) is 3.73. The first-order valence-corrected chi connectivity index (χ1v) is 7.41. The molecule has 1 aromatic rings. The molecule has 0 fully saturated rings. The van der Waals surface area contributed by atoms with Gasteiger partial charge in [-0.2, -0.15) is 4.89 Å². The lowest BCUT2D eigenvalue weighted by Crippen LogP contribution is -2.38. The predicted molar refractivity (Wildman–Crippen MR) is 80.4 cm³/mol. The summed E-state index contributed by atoms with van der Waals surface area (Å²) in [4.78, 5) is 11.6. The molecule has 0 aliphatic heterocycles. The summed E-state index contributed by atoms with van der Waals surface area (Å²) in [5, 5.41) is 0. The Kier molecular flexibility index (Phi) is 5.86. The number of para-hydroxylation sites is 1. The molecule has 0 radical (unpaired) electrons. The Bertz CT molecular complexity index is 379. The second kappa shape index (κ2) is 6.95. The zero-order valence-corrected chi connectivity index (χ0v) is 13.2. The van der Waals surface area contributed by atoms with Gasteiger partial charge in [0.25, 0.3) is 0 Å². The van der Waals surface area contributed by atoms with Crippen LogP contribution in [0, 0.1) is 5.92 Å². The largest absolute Gasteiger partial charge is 0.337 e. The first-order chi connectivity index (χ1) is 8.96. The van der Waals surface area contributed by atoms with Crippen molar-refractivity contribution in [2.24, 2.45) is 5.92 Å².